The quantitative estimate of drug-likeness (QED) is 0.811. The molecule has 19 heavy (non-hydrogen) atoms. The Morgan fingerprint density at radius 3 is 3.05 bits per heavy atom. The summed E-state index contributed by atoms with van der Waals surface area (Å²) in [4.78, 5) is 19.6. The first-order valence-electron chi connectivity index (χ1n) is 6.58. The van der Waals surface area contributed by atoms with E-state index < -0.39 is 0 Å². The standard InChI is InChI=1S/C15H17N3O/c1-15(8-3-2-4-9-15)18-14(19)12-6-5-11-7-10-16-13(11)17-12/h2-3,5-7,10H,4,8-9H2,1H3,(H,16,17)(H,18,19). The minimum absolute atomic E-state index is 0.103. The third-order valence-corrected chi connectivity index (χ3v) is 3.66. The lowest BCUT2D eigenvalue weighted by molar-refractivity contribution is 0.0896. The number of carbonyl (C=O) groups excluding carboxylic acids is 1. The van der Waals surface area contributed by atoms with Gasteiger partial charge in [0.25, 0.3) is 5.91 Å². The second kappa shape index (κ2) is 4.53. The van der Waals surface area contributed by atoms with Gasteiger partial charge in [0.2, 0.25) is 0 Å². The molecule has 0 spiro atoms. The molecule has 1 atom stereocenters. The molecule has 4 heteroatoms. The predicted octanol–water partition coefficient (Wildman–Crippen LogP) is 2.79. The molecule has 3 rings (SSSR count). The van der Waals surface area contributed by atoms with E-state index in [4.69, 9.17) is 0 Å². The fourth-order valence-electron chi connectivity index (χ4n) is 2.47. The summed E-state index contributed by atoms with van der Waals surface area (Å²) in [6.07, 6.45) is 8.98. The second-order valence-corrected chi connectivity index (χ2v) is 5.34. The highest BCUT2D eigenvalue weighted by atomic mass is 16.2. The molecule has 0 bridgehead atoms. The molecule has 2 heterocycles. The Morgan fingerprint density at radius 2 is 2.26 bits per heavy atom. The third-order valence-electron chi connectivity index (χ3n) is 3.66. The molecular formula is C15H17N3O. The van der Waals surface area contributed by atoms with Gasteiger partial charge in [0, 0.05) is 17.1 Å². The first kappa shape index (κ1) is 12.0. The monoisotopic (exact) mass is 255 g/mol. The molecule has 2 aromatic heterocycles. The van der Waals surface area contributed by atoms with Crippen LogP contribution in [0.25, 0.3) is 11.0 Å². The number of rotatable bonds is 2. The molecule has 1 aliphatic rings. The lowest BCUT2D eigenvalue weighted by atomic mass is 9.87. The van der Waals surface area contributed by atoms with Crippen LogP contribution in [-0.4, -0.2) is 21.4 Å². The van der Waals surface area contributed by atoms with Crippen LogP contribution >= 0.6 is 0 Å². The SMILES string of the molecule is CC1(NC(=O)c2ccc3cc[nH]c3n2)CC=CCC1. The van der Waals surface area contributed by atoms with E-state index in [1.54, 1.807) is 6.07 Å². The summed E-state index contributed by atoms with van der Waals surface area (Å²) >= 11 is 0. The van der Waals surface area contributed by atoms with Crippen molar-refractivity contribution in [2.75, 3.05) is 0 Å². The van der Waals surface area contributed by atoms with Crippen molar-refractivity contribution in [3.05, 3.63) is 42.2 Å². The van der Waals surface area contributed by atoms with Gasteiger partial charge in [-0.25, -0.2) is 4.98 Å². The van der Waals surface area contributed by atoms with Crippen LogP contribution in [0, 0.1) is 0 Å². The summed E-state index contributed by atoms with van der Waals surface area (Å²) in [6.45, 7) is 2.08. The van der Waals surface area contributed by atoms with Crippen LogP contribution in [0.15, 0.2) is 36.5 Å². The number of nitrogens with one attached hydrogen (secondary N) is 2. The van der Waals surface area contributed by atoms with Crippen LogP contribution in [0.5, 0.6) is 0 Å². The van der Waals surface area contributed by atoms with Gasteiger partial charge in [-0.15, -0.1) is 0 Å². The van der Waals surface area contributed by atoms with Crippen molar-refractivity contribution >= 4 is 16.9 Å². The number of allylic oxidation sites excluding steroid dienone is 1. The van der Waals surface area contributed by atoms with Crippen LogP contribution in [0.2, 0.25) is 0 Å². The van der Waals surface area contributed by atoms with Crippen molar-refractivity contribution in [3.8, 4) is 0 Å². The van der Waals surface area contributed by atoms with Gasteiger partial charge in [-0.1, -0.05) is 12.2 Å². The molecule has 1 aliphatic carbocycles. The Hall–Kier alpha value is -2.10. The molecule has 1 unspecified atom stereocenters. The highest BCUT2D eigenvalue weighted by molar-refractivity contribution is 5.94. The van der Waals surface area contributed by atoms with Crippen molar-refractivity contribution in [1.29, 1.82) is 0 Å². The molecule has 4 nitrogen and oxygen atoms in total. The fraction of sp³-hybridized carbons (Fsp3) is 0.333. The zero-order valence-corrected chi connectivity index (χ0v) is 10.9. The molecule has 0 aromatic carbocycles. The summed E-state index contributed by atoms with van der Waals surface area (Å²) in [6, 6.07) is 5.63. The summed E-state index contributed by atoms with van der Waals surface area (Å²) in [5.74, 6) is -0.103. The van der Waals surface area contributed by atoms with Gasteiger partial charge in [0.05, 0.1) is 0 Å². The van der Waals surface area contributed by atoms with Crippen molar-refractivity contribution < 1.29 is 4.79 Å². The normalized spacial score (nSPS) is 22.6. The number of pyridine rings is 1. The number of aromatic nitrogens is 2. The van der Waals surface area contributed by atoms with Crippen LogP contribution in [0.1, 0.15) is 36.7 Å². The van der Waals surface area contributed by atoms with E-state index in [0.717, 1.165) is 30.3 Å². The number of hydrogen-bond acceptors (Lipinski definition) is 2. The maximum absolute atomic E-state index is 12.3. The van der Waals surface area contributed by atoms with Gasteiger partial charge in [-0.2, -0.15) is 0 Å². The molecule has 0 radical (unpaired) electrons. The summed E-state index contributed by atoms with van der Waals surface area (Å²) in [5, 5.41) is 4.12. The minimum Gasteiger partial charge on any atom is -0.346 e. The van der Waals surface area contributed by atoms with E-state index in [-0.39, 0.29) is 11.4 Å². The smallest absolute Gasteiger partial charge is 0.270 e. The first-order valence-corrected chi connectivity index (χ1v) is 6.58. The van der Waals surface area contributed by atoms with Gasteiger partial charge in [0.1, 0.15) is 11.3 Å². The topological polar surface area (TPSA) is 57.8 Å². The zero-order chi connectivity index (χ0) is 13.3. The molecule has 1 amide bonds. The lowest BCUT2D eigenvalue weighted by Gasteiger charge is -2.31. The lowest BCUT2D eigenvalue weighted by Crippen LogP contribution is -2.46. The molecule has 0 saturated carbocycles. The number of hydrogen-bond donors (Lipinski definition) is 2. The Bertz CT molecular complexity index is 644. The average Bonchev–Trinajstić information content (AvgIpc) is 2.86. The Kier molecular flexibility index (Phi) is 2.85. The van der Waals surface area contributed by atoms with E-state index in [2.05, 4.69) is 34.4 Å². The van der Waals surface area contributed by atoms with Gasteiger partial charge in [-0.05, 0) is 44.4 Å². The predicted molar refractivity (Wildman–Crippen MR) is 75.0 cm³/mol. The summed E-state index contributed by atoms with van der Waals surface area (Å²) in [7, 11) is 0. The van der Waals surface area contributed by atoms with E-state index in [1.807, 2.05) is 18.3 Å². The van der Waals surface area contributed by atoms with E-state index in [9.17, 15) is 4.79 Å². The average molecular weight is 255 g/mol. The van der Waals surface area contributed by atoms with Crippen molar-refractivity contribution in [2.45, 2.75) is 31.7 Å². The summed E-state index contributed by atoms with van der Waals surface area (Å²) in [5.41, 5.74) is 1.06. The fourth-order valence-corrected chi connectivity index (χ4v) is 2.47. The van der Waals surface area contributed by atoms with E-state index in [1.165, 1.54) is 0 Å². The van der Waals surface area contributed by atoms with Crippen LogP contribution in [-0.2, 0) is 0 Å². The number of fused-ring (bicyclic) bond motifs is 1. The Balaban J connectivity index is 1.81. The van der Waals surface area contributed by atoms with Gasteiger partial charge < -0.3 is 10.3 Å². The third kappa shape index (κ3) is 2.38. The molecule has 2 aromatic rings. The number of amides is 1. The van der Waals surface area contributed by atoms with Gasteiger partial charge in [0.15, 0.2) is 0 Å². The summed E-state index contributed by atoms with van der Waals surface area (Å²) < 4.78 is 0. The van der Waals surface area contributed by atoms with E-state index in [0.29, 0.717) is 5.69 Å². The number of H-pyrrole nitrogens is 1. The zero-order valence-electron chi connectivity index (χ0n) is 10.9. The van der Waals surface area contributed by atoms with Gasteiger partial charge >= 0.3 is 0 Å². The maximum Gasteiger partial charge on any atom is 0.270 e. The molecule has 2 N–H and O–H groups in total. The number of carbonyl (C=O) groups is 1. The van der Waals surface area contributed by atoms with E-state index >= 15 is 0 Å². The van der Waals surface area contributed by atoms with Crippen molar-refractivity contribution in [2.24, 2.45) is 0 Å². The molecule has 98 valence electrons. The molecule has 0 saturated heterocycles. The van der Waals surface area contributed by atoms with Crippen molar-refractivity contribution in [1.82, 2.24) is 15.3 Å². The van der Waals surface area contributed by atoms with Crippen molar-refractivity contribution in [3.63, 3.8) is 0 Å². The Morgan fingerprint density at radius 1 is 1.37 bits per heavy atom. The molecular weight excluding hydrogens is 238 g/mol. The maximum atomic E-state index is 12.3. The molecule has 0 aliphatic heterocycles. The number of aromatic amines is 1. The van der Waals surface area contributed by atoms with Crippen LogP contribution < -0.4 is 5.32 Å². The highest BCUT2D eigenvalue weighted by Crippen LogP contribution is 2.23. The van der Waals surface area contributed by atoms with Crippen LogP contribution in [0.4, 0.5) is 0 Å². The Labute approximate surface area is 111 Å². The molecule has 0 fully saturated rings. The number of nitrogens with zero attached hydrogens (tertiary/aromatic N) is 1. The second-order valence-electron chi connectivity index (χ2n) is 5.34. The highest BCUT2D eigenvalue weighted by Gasteiger charge is 2.27. The van der Waals surface area contributed by atoms with Gasteiger partial charge in [-0.3, -0.25) is 4.79 Å². The van der Waals surface area contributed by atoms with Crippen LogP contribution in [0.3, 0.4) is 0 Å². The largest absolute Gasteiger partial charge is 0.346 e. The minimum atomic E-state index is -0.155. The first-order chi connectivity index (χ1) is 9.16.